The molecular weight excluding hydrogens is 206 g/mol. The molecule has 5 nitrogen and oxygen atoms in total. The Hall–Kier alpha value is -1.07. The Balaban J connectivity index is 0.000000980. The van der Waals surface area contributed by atoms with Gasteiger partial charge in [-0.2, -0.15) is 5.10 Å². The van der Waals surface area contributed by atoms with Gasteiger partial charge in [-0.1, -0.05) is 0 Å². The molecule has 1 aromatic heterocycles. The van der Waals surface area contributed by atoms with Crippen LogP contribution in [-0.2, 0) is 4.74 Å². The molecule has 1 aliphatic rings. The van der Waals surface area contributed by atoms with E-state index < -0.39 is 0 Å². The number of ether oxygens (including phenoxy) is 1. The molecule has 0 radical (unpaired) electrons. The highest BCUT2D eigenvalue weighted by Gasteiger charge is 2.11. The molecule has 14 heavy (non-hydrogen) atoms. The fraction of sp³-hybridized carbons (Fsp3) is 0.500. The van der Waals surface area contributed by atoms with E-state index in [9.17, 15) is 0 Å². The molecule has 0 unspecified atom stereocenters. The number of aromatic nitrogens is 2. The Morgan fingerprint density at radius 2 is 2.07 bits per heavy atom. The van der Waals surface area contributed by atoms with E-state index in [1.54, 1.807) is 12.3 Å². The summed E-state index contributed by atoms with van der Waals surface area (Å²) < 4.78 is 5.21. The van der Waals surface area contributed by atoms with Crippen molar-refractivity contribution in [2.75, 3.05) is 31.2 Å². The highest BCUT2D eigenvalue weighted by Crippen LogP contribution is 2.16. The minimum atomic E-state index is -0.0380. The number of rotatable bonds is 1. The molecule has 1 aromatic rings. The van der Waals surface area contributed by atoms with E-state index in [2.05, 4.69) is 15.1 Å². The molecule has 2 heterocycles. The fourth-order valence-corrected chi connectivity index (χ4v) is 1.34. The fourth-order valence-electron chi connectivity index (χ4n) is 1.34. The number of hydrogen-bond donors (Lipinski definition) is 1. The summed E-state index contributed by atoms with van der Waals surface area (Å²) in [5.41, 5.74) is 0.899. The molecule has 0 bridgehead atoms. The van der Waals surface area contributed by atoms with Crippen molar-refractivity contribution in [3.63, 3.8) is 0 Å². The third kappa shape index (κ3) is 2.46. The molecule has 78 valence electrons. The highest BCUT2D eigenvalue weighted by molar-refractivity contribution is 5.85. The molecule has 1 saturated heterocycles. The Morgan fingerprint density at radius 3 is 2.71 bits per heavy atom. The van der Waals surface area contributed by atoms with Gasteiger partial charge in [0.1, 0.15) is 0 Å². The zero-order valence-electron chi connectivity index (χ0n) is 7.59. The summed E-state index contributed by atoms with van der Waals surface area (Å²) >= 11 is 0. The first-order chi connectivity index (χ1) is 6.36. The maximum Gasteiger partial charge on any atom is 0.233 e. The van der Waals surface area contributed by atoms with E-state index >= 15 is 0 Å². The van der Waals surface area contributed by atoms with Gasteiger partial charge in [0.05, 0.1) is 25.1 Å². The summed E-state index contributed by atoms with van der Waals surface area (Å²) in [6.45, 7) is 3.13. The van der Waals surface area contributed by atoms with Crippen molar-refractivity contribution in [3.8, 4) is 5.88 Å². The van der Waals surface area contributed by atoms with Crippen LogP contribution in [0.25, 0.3) is 0 Å². The number of morpholine rings is 1. The largest absolute Gasteiger partial charge is 0.492 e. The van der Waals surface area contributed by atoms with Gasteiger partial charge in [-0.3, -0.25) is 0 Å². The van der Waals surface area contributed by atoms with Gasteiger partial charge in [0, 0.05) is 19.2 Å². The van der Waals surface area contributed by atoms with Crippen LogP contribution in [0.3, 0.4) is 0 Å². The van der Waals surface area contributed by atoms with Crippen molar-refractivity contribution >= 4 is 18.1 Å². The summed E-state index contributed by atoms with van der Waals surface area (Å²) in [6.07, 6.45) is 1.64. The summed E-state index contributed by atoms with van der Waals surface area (Å²) in [4.78, 5) is 2.11. The molecule has 6 heteroatoms. The summed E-state index contributed by atoms with van der Waals surface area (Å²) in [7, 11) is 0. The van der Waals surface area contributed by atoms with Gasteiger partial charge in [0.25, 0.3) is 0 Å². The molecule has 0 amide bonds. The van der Waals surface area contributed by atoms with Gasteiger partial charge < -0.3 is 14.7 Å². The normalized spacial score (nSPS) is 16.1. The molecular formula is C8H12ClN3O2. The van der Waals surface area contributed by atoms with Crippen LogP contribution in [0.4, 0.5) is 5.69 Å². The summed E-state index contributed by atoms with van der Waals surface area (Å²) in [6, 6.07) is 1.61. The molecule has 0 spiro atoms. The highest BCUT2D eigenvalue weighted by atomic mass is 35.5. The van der Waals surface area contributed by atoms with E-state index in [0.29, 0.717) is 0 Å². The first kappa shape index (κ1) is 11.0. The smallest absolute Gasteiger partial charge is 0.233 e. The predicted molar refractivity (Wildman–Crippen MR) is 54.0 cm³/mol. The Labute approximate surface area is 88.1 Å². The molecule has 1 fully saturated rings. The van der Waals surface area contributed by atoms with Gasteiger partial charge in [-0.15, -0.1) is 17.5 Å². The van der Waals surface area contributed by atoms with Crippen LogP contribution in [0, 0.1) is 0 Å². The van der Waals surface area contributed by atoms with E-state index in [1.165, 1.54) is 0 Å². The van der Waals surface area contributed by atoms with E-state index in [4.69, 9.17) is 9.84 Å². The van der Waals surface area contributed by atoms with Crippen molar-refractivity contribution < 1.29 is 9.84 Å². The van der Waals surface area contributed by atoms with Crippen LogP contribution in [0.15, 0.2) is 12.3 Å². The third-order valence-corrected chi connectivity index (χ3v) is 2.00. The minimum absolute atomic E-state index is 0. The Morgan fingerprint density at radius 1 is 1.36 bits per heavy atom. The lowest BCUT2D eigenvalue weighted by atomic mass is 10.3. The van der Waals surface area contributed by atoms with E-state index in [0.717, 1.165) is 32.0 Å². The number of anilines is 1. The average molecular weight is 218 g/mol. The van der Waals surface area contributed by atoms with Gasteiger partial charge in [-0.05, 0) is 0 Å². The van der Waals surface area contributed by atoms with Crippen molar-refractivity contribution in [2.45, 2.75) is 0 Å². The molecule has 0 saturated carbocycles. The average Bonchev–Trinajstić information content (AvgIpc) is 2.19. The van der Waals surface area contributed by atoms with Crippen LogP contribution in [-0.4, -0.2) is 41.6 Å². The van der Waals surface area contributed by atoms with Crippen LogP contribution in [0.5, 0.6) is 5.88 Å². The van der Waals surface area contributed by atoms with E-state index in [1.807, 2.05) is 0 Å². The van der Waals surface area contributed by atoms with Gasteiger partial charge in [0.15, 0.2) is 0 Å². The molecule has 1 N–H and O–H groups in total. The van der Waals surface area contributed by atoms with E-state index in [-0.39, 0.29) is 18.3 Å². The lowest BCUT2D eigenvalue weighted by Gasteiger charge is -2.28. The monoisotopic (exact) mass is 217 g/mol. The maximum absolute atomic E-state index is 9.11. The molecule has 0 atom stereocenters. The second-order valence-corrected chi connectivity index (χ2v) is 2.87. The van der Waals surface area contributed by atoms with Crippen molar-refractivity contribution in [1.29, 1.82) is 0 Å². The predicted octanol–water partition coefficient (Wildman–Crippen LogP) is 0.441. The van der Waals surface area contributed by atoms with Crippen LogP contribution in [0.2, 0.25) is 0 Å². The standard InChI is InChI=1S/C8H11N3O2.ClH/c12-8-5-7(6-9-10-8)11-1-3-13-4-2-11;/h5-6H,1-4H2,(H,10,12);1H. The zero-order valence-corrected chi connectivity index (χ0v) is 8.40. The lowest BCUT2D eigenvalue weighted by Crippen LogP contribution is -2.36. The first-order valence-electron chi connectivity index (χ1n) is 4.20. The number of aromatic hydroxyl groups is 1. The number of halogens is 1. The molecule has 0 aromatic carbocycles. The van der Waals surface area contributed by atoms with Crippen molar-refractivity contribution in [1.82, 2.24) is 10.2 Å². The Kier molecular flexibility index (Phi) is 3.91. The number of hydrogen-bond acceptors (Lipinski definition) is 5. The molecule has 0 aliphatic carbocycles. The van der Waals surface area contributed by atoms with Crippen molar-refractivity contribution in [2.24, 2.45) is 0 Å². The third-order valence-electron chi connectivity index (χ3n) is 2.00. The van der Waals surface area contributed by atoms with Crippen molar-refractivity contribution in [3.05, 3.63) is 12.3 Å². The zero-order chi connectivity index (χ0) is 9.10. The second kappa shape index (κ2) is 4.97. The Bertz CT molecular complexity index is 292. The molecule has 2 rings (SSSR count). The van der Waals surface area contributed by atoms with Gasteiger partial charge >= 0.3 is 0 Å². The van der Waals surface area contributed by atoms with Gasteiger partial charge in [-0.25, -0.2) is 0 Å². The lowest BCUT2D eigenvalue weighted by molar-refractivity contribution is 0.122. The maximum atomic E-state index is 9.11. The minimum Gasteiger partial charge on any atom is -0.492 e. The van der Waals surface area contributed by atoms with Crippen LogP contribution >= 0.6 is 12.4 Å². The topological polar surface area (TPSA) is 58.5 Å². The summed E-state index contributed by atoms with van der Waals surface area (Å²) in [5.74, 6) is -0.0380. The quantitative estimate of drug-likeness (QED) is 0.740. The summed E-state index contributed by atoms with van der Waals surface area (Å²) in [5, 5.41) is 16.3. The van der Waals surface area contributed by atoms with Crippen LogP contribution in [0.1, 0.15) is 0 Å². The second-order valence-electron chi connectivity index (χ2n) is 2.87. The number of nitrogens with zero attached hydrogens (tertiary/aromatic N) is 3. The first-order valence-corrected chi connectivity index (χ1v) is 4.20. The van der Waals surface area contributed by atoms with Gasteiger partial charge in [0.2, 0.25) is 5.88 Å². The molecule has 1 aliphatic heterocycles. The van der Waals surface area contributed by atoms with Crippen LogP contribution < -0.4 is 4.90 Å². The SMILES string of the molecule is Cl.Oc1cc(N2CCOCC2)cnn1.